The molecule has 0 radical (unpaired) electrons. The number of halogens is 1. The van der Waals surface area contributed by atoms with Crippen LogP contribution in [-0.2, 0) is 16.1 Å². The van der Waals surface area contributed by atoms with Crippen LogP contribution in [0.4, 0.5) is 5.69 Å². The number of allylic oxidation sites excluding steroid dienone is 1. The van der Waals surface area contributed by atoms with E-state index < -0.39 is 0 Å². The summed E-state index contributed by atoms with van der Waals surface area (Å²) in [5.74, 6) is 0.775. The van der Waals surface area contributed by atoms with Gasteiger partial charge in [0.2, 0.25) is 11.8 Å². The van der Waals surface area contributed by atoms with Crippen molar-refractivity contribution in [3.05, 3.63) is 83.6 Å². The van der Waals surface area contributed by atoms with Gasteiger partial charge in [-0.2, -0.15) is 0 Å². The summed E-state index contributed by atoms with van der Waals surface area (Å²) >= 11 is 2.29. The molecule has 2 N–H and O–H groups in total. The summed E-state index contributed by atoms with van der Waals surface area (Å²) in [6.07, 6.45) is 3.81. The molecule has 2 aromatic carbocycles. The highest BCUT2D eigenvalue weighted by molar-refractivity contribution is 14.1. The van der Waals surface area contributed by atoms with Crippen molar-refractivity contribution in [3.63, 3.8) is 0 Å². The zero-order valence-corrected chi connectivity index (χ0v) is 20.3. The third kappa shape index (κ3) is 6.85. The van der Waals surface area contributed by atoms with Crippen LogP contribution in [0.5, 0.6) is 5.75 Å². The molecule has 6 nitrogen and oxygen atoms in total. The maximum Gasteiger partial charge on any atom is 0.221 e. The summed E-state index contributed by atoms with van der Waals surface area (Å²) in [5, 5.41) is 13.1. The van der Waals surface area contributed by atoms with Crippen molar-refractivity contribution in [1.82, 2.24) is 4.90 Å². The Morgan fingerprint density at radius 2 is 1.75 bits per heavy atom. The number of hydrogen-bond acceptors (Lipinski definition) is 4. The van der Waals surface area contributed by atoms with E-state index in [1.54, 1.807) is 31.2 Å². The average Bonchev–Trinajstić information content (AvgIpc) is 2.75. The highest BCUT2D eigenvalue weighted by Gasteiger charge is 2.26. The fraction of sp³-hybridized carbons (Fsp3) is 0.280. The minimum Gasteiger partial charge on any atom is -0.508 e. The van der Waals surface area contributed by atoms with E-state index >= 15 is 0 Å². The summed E-state index contributed by atoms with van der Waals surface area (Å²) in [6, 6.07) is 17.0. The number of aliphatic hydroxyl groups is 1. The molecule has 7 heteroatoms. The van der Waals surface area contributed by atoms with Crippen molar-refractivity contribution in [3.8, 4) is 5.75 Å². The van der Waals surface area contributed by atoms with Gasteiger partial charge in [0, 0.05) is 48.0 Å². The number of carbonyl (C=O) groups is 2. The lowest BCUT2D eigenvalue weighted by molar-refractivity contribution is -0.129. The van der Waals surface area contributed by atoms with Gasteiger partial charge in [-0.25, -0.2) is 0 Å². The molecule has 1 aliphatic carbocycles. The van der Waals surface area contributed by atoms with Gasteiger partial charge >= 0.3 is 0 Å². The molecule has 0 saturated heterocycles. The third-order valence-corrected chi connectivity index (χ3v) is 6.42. The number of aliphatic hydroxyl groups excluding tert-OH is 1. The van der Waals surface area contributed by atoms with Crippen LogP contribution >= 0.6 is 22.6 Å². The number of amides is 2. The zero-order chi connectivity index (χ0) is 23.1. The summed E-state index contributed by atoms with van der Waals surface area (Å²) in [6.45, 7) is 4.35. The van der Waals surface area contributed by atoms with Crippen molar-refractivity contribution >= 4 is 40.1 Å². The van der Waals surface area contributed by atoms with E-state index in [1.807, 2.05) is 47.4 Å². The zero-order valence-electron chi connectivity index (χ0n) is 18.1. The molecule has 1 unspecified atom stereocenters. The summed E-state index contributed by atoms with van der Waals surface area (Å²) < 4.78 is 5.90. The second-order valence-corrected chi connectivity index (χ2v) is 9.17. The predicted molar refractivity (Wildman–Crippen MR) is 134 cm³/mol. The van der Waals surface area contributed by atoms with Crippen LogP contribution < -0.4 is 10.1 Å². The van der Waals surface area contributed by atoms with Crippen molar-refractivity contribution < 1.29 is 19.4 Å². The Morgan fingerprint density at radius 1 is 1.06 bits per heavy atom. The van der Waals surface area contributed by atoms with Crippen LogP contribution in [0, 0.1) is 5.92 Å². The van der Waals surface area contributed by atoms with Crippen LogP contribution in [0.2, 0.25) is 0 Å². The number of rotatable bonds is 8. The number of benzene rings is 2. The number of ether oxygens (including phenoxy) is 1. The average molecular weight is 546 g/mol. The largest absolute Gasteiger partial charge is 0.508 e. The van der Waals surface area contributed by atoms with Crippen molar-refractivity contribution in [2.24, 2.45) is 5.92 Å². The Bertz CT molecular complexity index is 1000. The summed E-state index contributed by atoms with van der Waals surface area (Å²) in [7, 11) is 0. The van der Waals surface area contributed by atoms with Gasteiger partial charge in [0.25, 0.3) is 0 Å². The number of nitrogens with zero attached hydrogens (tertiary/aromatic N) is 1. The van der Waals surface area contributed by atoms with Crippen molar-refractivity contribution in [2.75, 3.05) is 18.5 Å². The van der Waals surface area contributed by atoms with Crippen molar-refractivity contribution in [2.45, 2.75) is 24.3 Å². The molecule has 2 aromatic rings. The van der Waals surface area contributed by atoms with Crippen LogP contribution in [0.3, 0.4) is 0 Å². The molecule has 0 fully saturated rings. The molecule has 32 heavy (non-hydrogen) atoms. The van der Waals surface area contributed by atoms with E-state index in [4.69, 9.17) is 4.74 Å². The second-order valence-electron chi connectivity index (χ2n) is 7.73. The van der Waals surface area contributed by atoms with Gasteiger partial charge in [0.15, 0.2) is 0 Å². The second kappa shape index (κ2) is 11.2. The van der Waals surface area contributed by atoms with Crippen LogP contribution in [0.1, 0.15) is 19.4 Å². The monoisotopic (exact) mass is 546 g/mol. The minimum atomic E-state index is -0.132. The normalized spacial score (nSPS) is 17.7. The van der Waals surface area contributed by atoms with E-state index in [9.17, 15) is 14.7 Å². The summed E-state index contributed by atoms with van der Waals surface area (Å²) in [5.41, 5.74) is 2.47. The number of anilines is 1. The molecule has 0 spiro atoms. The molecule has 2 amide bonds. The Kier molecular flexibility index (Phi) is 8.33. The van der Waals surface area contributed by atoms with Crippen LogP contribution in [-0.4, -0.2) is 38.9 Å². The fourth-order valence-corrected chi connectivity index (χ4v) is 4.23. The first-order valence-electron chi connectivity index (χ1n) is 10.4. The molecule has 1 aliphatic rings. The Balaban J connectivity index is 1.66. The van der Waals surface area contributed by atoms with E-state index in [0.717, 1.165) is 5.56 Å². The molecule has 0 aliphatic heterocycles. The topological polar surface area (TPSA) is 78.9 Å². The van der Waals surface area contributed by atoms with Crippen LogP contribution in [0.15, 0.2) is 78.1 Å². The molecule has 0 aromatic heterocycles. The highest BCUT2D eigenvalue weighted by atomic mass is 127. The molecule has 0 heterocycles. The predicted octanol–water partition coefficient (Wildman–Crippen LogP) is 4.87. The standard InChI is InChI=1S/C25H27IN2O4/c1-17(29)27-22-8-10-23(11-9-22)32-16-21-12-20(24(26)13-25(21)31)15-28(18(2)30)14-19-6-4-3-5-7-19/h3-13,20,24,31H,14-16H2,1-2H3,(H,27,29)/t20?,24-/m0/s1. The van der Waals surface area contributed by atoms with Gasteiger partial charge in [-0.15, -0.1) is 0 Å². The van der Waals surface area contributed by atoms with Gasteiger partial charge < -0.3 is 20.1 Å². The van der Waals surface area contributed by atoms with E-state index in [2.05, 4.69) is 27.9 Å². The molecule has 168 valence electrons. The lowest BCUT2D eigenvalue weighted by Crippen LogP contribution is -2.36. The highest BCUT2D eigenvalue weighted by Crippen LogP contribution is 2.29. The van der Waals surface area contributed by atoms with Crippen LogP contribution in [0.25, 0.3) is 0 Å². The molecule has 2 atom stereocenters. The quantitative estimate of drug-likeness (QED) is 0.366. The smallest absolute Gasteiger partial charge is 0.221 e. The summed E-state index contributed by atoms with van der Waals surface area (Å²) in [4.78, 5) is 25.2. The van der Waals surface area contributed by atoms with Gasteiger partial charge in [-0.3, -0.25) is 9.59 Å². The maximum absolute atomic E-state index is 12.3. The van der Waals surface area contributed by atoms with Gasteiger partial charge in [-0.05, 0) is 35.9 Å². The van der Waals surface area contributed by atoms with E-state index in [1.165, 1.54) is 6.92 Å². The van der Waals surface area contributed by atoms with Gasteiger partial charge in [-0.1, -0.05) is 59.0 Å². The molecular weight excluding hydrogens is 519 g/mol. The van der Waals surface area contributed by atoms with E-state index in [-0.39, 0.29) is 34.0 Å². The lowest BCUT2D eigenvalue weighted by atomic mass is 9.94. The van der Waals surface area contributed by atoms with Crippen molar-refractivity contribution in [1.29, 1.82) is 0 Å². The SMILES string of the molecule is CC(=O)Nc1ccc(OCC2=CC(CN(Cc3ccccc3)C(C)=O)[C@@H](I)C=C2O)cc1. The molecule has 3 rings (SSSR count). The Labute approximate surface area is 202 Å². The third-order valence-electron chi connectivity index (χ3n) is 5.13. The first-order valence-corrected chi connectivity index (χ1v) is 11.6. The Hall–Kier alpha value is -2.81. The minimum absolute atomic E-state index is 0.0155. The number of hydrogen-bond donors (Lipinski definition) is 2. The fourth-order valence-electron chi connectivity index (χ4n) is 3.45. The number of nitrogens with one attached hydrogen (secondary N) is 1. The molecule has 0 bridgehead atoms. The first-order chi connectivity index (χ1) is 15.3. The number of carbonyl (C=O) groups excluding carboxylic acids is 2. The lowest BCUT2D eigenvalue weighted by Gasteiger charge is -2.30. The Morgan fingerprint density at radius 3 is 2.38 bits per heavy atom. The van der Waals surface area contributed by atoms with Gasteiger partial charge in [0.05, 0.1) is 0 Å². The maximum atomic E-state index is 12.3. The molecule has 0 saturated carbocycles. The first kappa shape index (κ1) is 23.8. The molecular formula is C25H27IN2O4. The van der Waals surface area contributed by atoms with E-state index in [0.29, 0.717) is 30.1 Å². The number of alkyl halides is 1. The van der Waals surface area contributed by atoms with Gasteiger partial charge in [0.1, 0.15) is 18.1 Å².